The molecule has 18 heavy (non-hydrogen) atoms. The Morgan fingerprint density at radius 2 is 2.11 bits per heavy atom. The maximum Gasteiger partial charge on any atom is 0.119 e. The zero-order chi connectivity index (χ0) is 12.8. The minimum absolute atomic E-state index is 0.324. The molecule has 1 heterocycles. The third-order valence-electron chi connectivity index (χ3n) is 3.64. The van der Waals surface area contributed by atoms with E-state index in [1.165, 1.54) is 6.42 Å². The topological polar surface area (TPSA) is 33.3 Å². The van der Waals surface area contributed by atoms with Gasteiger partial charge in [-0.1, -0.05) is 32.0 Å². The quantitative estimate of drug-likeness (QED) is 0.782. The summed E-state index contributed by atoms with van der Waals surface area (Å²) in [6, 6.07) is 10.6. The SMILES string of the molecule is CC1(C)CNCCC1NCCOc1ccccc1. The Kier molecular flexibility index (Phi) is 4.61. The molecular formula is C15H24N2O. The summed E-state index contributed by atoms with van der Waals surface area (Å²) in [6.07, 6.45) is 1.19. The molecule has 1 fully saturated rings. The Labute approximate surface area is 110 Å². The van der Waals surface area contributed by atoms with Crippen molar-refractivity contribution in [2.24, 2.45) is 5.41 Å². The first-order valence-corrected chi connectivity index (χ1v) is 6.80. The predicted octanol–water partition coefficient (Wildman–Crippen LogP) is 2.04. The minimum Gasteiger partial charge on any atom is -0.492 e. The molecule has 0 aliphatic carbocycles. The molecule has 3 heteroatoms. The lowest BCUT2D eigenvalue weighted by Crippen LogP contribution is -2.53. The van der Waals surface area contributed by atoms with Crippen LogP contribution in [0.25, 0.3) is 0 Å². The minimum atomic E-state index is 0.324. The zero-order valence-corrected chi connectivity index (χ0v) is 11.4. The molecule has 0 radical (unpaired) electrons. The van der Waals surface area contributed by atoms with E-state index in [0.29, 0.717) is 11.5 Å². The van der Waals surface area contributed by atoms with Crippen molar-refractivity contribution < 1.29 is 4.74 Å². The number of piperidine rings is 1. The predicted molar refractivity (Wildman–Crippen MR) is 75.0 cm³/mol. The summed E-state index contributed by atoms with van der Waals surface area (Å²) >= 11 is 0. The first-order chi connectivity index (χ1) is 8.68. The van der Waals surface area contributed by atoms with E-state index >= 15 is 0 Å². The Morgan fingerprint density at radius 1 is 1.33 bits per heavy atom. The van der Waals surface area contributed by atoms with Gasteiger partial charge in [-0.3, -0.25) is 0 Å². The fourth-order valence-electron chi connectivity index (χ4n) is 2.47. The molecule has 100 valence electrons. The molecule has 1 aromatic rings. The molecule has 1 aliphatic rings. The number of rotatable bonds is 5. The third kappa shape index (κ3) is 3.72. The third-order valence-corrected chi connectivity index (χ3v) is 3.64. The Bertz CT molecular complexity index is 351. The van der Waals surface area contributed by atoms with Crippen LogP contribution in [0.5, 0.6) is 5.75 Å². The highest BCUT2D eigenvalue weighted by molar-refractivity contribution is 5.20. The monoisotopic (exact) mass is 248 g/mol. The molecule has 2 rings (SSSR count). The van der Waals surface area contributed by atoms with Gasteiger partial charge in [-0.25, -0.2) is 0 Å². The molecule has 0 amide bonds. The van der Waals surface area contributed by atoms with Crippen molar-refractivity contribution in [2.45, 2.75) is 26.3 Å². The van der Waals surface area contributed by atoms with Gasteiger partial charge in [0.15, 0.2) is 0 Å². The van der Waals surface area contributed by atoms with Crippen LogP contribution in [-0.4, -0.2) is 32.3 Å². The smallest absolute Gasteiger partial charge is 0.119 e. The van der Waals surface area contributed by atoms with Crippen LogP contribution in [0.2, 0.25) is 0 Å². The number of hydrogen-bond donors (Lipinski definition) is 2. The molecule has 1 unspecified atom stereocenters. The molecule has 1 aromatic carbocycles. The van der Waals surface area contributed by atoms with E-state index < -0.39 is 0 Å². The molecule has 1 saturated heterocycles. The van der Waals surface area contributed by atoms with Gasteiger partial charge in [-0.2, -0.15) is 0 Å². The Balaban J connectivity index is 1.69. The fourth-order valence-corrected chi connectivity index (χ4v) is 2.47. The Hall–Kier alpha value is -1.06. The van der Waals surface area contributed by atoms with Gasteiger partial charge >= 0.3 is 0 Å². The second-order valence-electron chi connectivity index (χ2n) is 5.62. The van der Waals surface area contributed by atoms with E-state index in [1.54, 1.807) is 0 Å². The summed E-state index contributed by atoms with van der Waals surface area (Å²) in [4.78, 5) is 0. The lowest BCUT2D eigenvalue weighted by Gasteiger charge is -2.39. The second-order valence-corrected chi connectivity index (χ2v) is 5.62. The van der Waals surface area contributed by atoms with E-state index in [4.69, 9.17) is 4.74 Å². The van der Waals surface area contributed by atoms with Gasteiger partial charge in [0.05, 0.1) is 0 Å². The van der Waals surface area contributed by atoms with E-state index in [-0.39, 0.29) is 0 Å². The number of para-hydroxylation sites is 1. The molecule has 3 nitrogen and oxygen atoms in total. The van der Waals surface area contributed by atoms with Gasteiger partial charge in [-0.05, 0) is 30.5 Å². The van der Waals surface area contributed by atoms with Crippen molar-refractivity contribution in [1.29, 1.82) is 0 Å². The van der Waals surface area contributed by atoms with Gasteiger partial charge in [-0.15, -0.1) is 0 Å². The first kappa shape index (κ1) is 13.4. The fraction of sp³-hybridized carbons (Fsp3) is 0.600. The lowest BCUT2D eigenvalue weighted by atomic mass is 9.80. The zero-order valence-electron chi connectivity index (χ0n) is 11.4. The molecule has 0 spiro atoms. The molecular weight excluding hydrogens is 224 g/mol. The van der Waals surface area contributed by atoms with Gasteiger partial charge in [0, 0.05) is 19.1 Å². The summed E-state index contributed by atoms with van der Waals surface area (Å²) in [7, 11) is 0. The number of hydrogen-bond acceptors (Lipinski definition) is 3. The summed E-state index contributed by atoms with van der Waals surface area (Å²) in [5.41, 5.74) is 0.324. The van der Waals surface area contributed by atoms with Crippen LogP contribution in [0.1, 0.15) is 20.3 Å². The van der Waals surface area contributed by atoms with Crippen molar-refractivity contribution in [2.75, 3.05) is 26.2 Å². The average molecular weight is 248 g/mol. The van der Waals surface area contributed by atoms with E-state index in [1.807, 2.05) is 30.3 Å². The average Bonchev–Trinajstić information content (AvgIpc) is 2.37. The highest BCUT2D eigenvalue weighted by Crippen LogP contribution is 2.24. The van der Waals surface area contributed by atoms with Gasteiger partial charge < -0.3 is 15.4 Å². The van der Waals surface area contributed by atoms with E-state index in [0.717, 1.165) is 32.0 Å². The molecule has 1 atom stereocenters. The van der Waals surface area contributed by atoms with Gasteiger partial charge in [0.2, 0.25) is 0 Å². The normalized spacial score (nSPS) is 22.7. The van der Waals surface area contributed by atoms with Crippen LogP contribution < -0.4 is 15.4 Å². The van der Waals surface area contributed by atoms with Crippen molar-refractivity contribution >= 4 is 0 Å². The maximum atomic E-state index is 5.69. The summed E-state index contributed by atoms with van der Waals surface area (Å²) < 4.78 is 5.69. The van der Waals surface area contributed by atoms with Gasteiger partial charge in [0.1, 0.15) is 12.4 Å². The summed E-state index contributed by atoms with van der Waals surface area (Å²) in [5, 5.41) is 7.07. The molecule has 1 aliphatic heterocycles. The molecule has 0 saturated carbocycles. The first-order valence-electron chi connectivity index (χ1n) is 6.80. The van der Waals surface area contributed by atoms with Gasteiger partial charge in [0.25, 0.3) is 0 Å². The van der Waals surface area contributed by atoms with Crippen LogP contribution in [0.15, 0.2) is 30.3 Å². The summed E-state index contributed by atoms with van der Waals surface area (Å²) in [5.74, 6) is 0.948. The molecule has 2 N–H and O–H groups in total. The number of benzene rings is 1. The van der Waals surface area contributed by atoms with Crippen LogP contribution in [0, 0.1) is 5.41 Å². The Morgan fingerprint density at radius 3 is 2.83 bits per heavy atom. The largest absolute Gasteiger partial charge is 0.492 e. The molecule has 0 aromatic heterocycles. The van der Waals surface area contributed by atoms with Crippen molar-refractivity contribution in [3.05, 3.63) is 30.3 Å². The van der Waals surface area contributed by atoms with Crippen LogP contribution in [-0.2, 0) is 0 Å². The summed E-state index contributed by atoms with van der Waals surface area (Å²) in [6.45, 7) is 8.46. The highest BCUT2D eigenvalue weighted by atomic mass is 16.5. The maximum absolute atomic E-state index is 5.69. The van der Waals surface area contributed by atoms with Crippen LogP contribution in [0.4, 0.5) is 0 Å². The second kappa shape index (κ2) is 6.21. The van der Waals surface area contributed by atoms with Crippen molar-refractivity contribution in [3.8, 4) is 5.75 Å². The molecule has 0 bridgehead atoms. The highest BCUT2D eigenvalue weighted by Gasteiger charge is 2.31. The standard InChI is InChI=1S/C15H24N2O/c1-15(2)12-16-9-8-14(15)17-10-11-18-13-6-4-3-5-7-13/h3-7,14,16-17H,8-12H2,1-2H3. The van der Waals surface area contributed by atoms with E-state index in [2.05, 4.69) is 24.5 Å². The van der Waals surface area contributed by atoms with Crippen LogP contribution >= 0.6 is 0 Å². The number of ether oxygens (including phenoxy) is 1. The lowest BCUT2D eigenvalue weighted by molar-refractivity contribution is 0.176. The van der Waals surface area contributed by atoms with Crippen molar-refractivity contribution in [1.82, 2.24) is 10.6 Å². The van der Waals surface area contributed by atoms with Crippen molar-refractivity contribution in [3.63, 3.8) is 0 Å². The number of nitrogens with one attached hydrogen (secondary N) is 2. The van der Waals surface area contributed by atoms with E-state index in [9.17, 15) is 0 Å². The van der Waals surface area contributed by atoms with Crippen LogP contribution in [0.3, 0.4) is 0 Å².